The van der Waals surface area contributed by atoms with Crippen molar-refractivity contribution in [2.45, 2.75) is 39.3 Å². The maximum atomic E-state index is 12.9. The highest BCUT2D eigenvalue weighted by molar-refractivity contribution is 6.30. The second-order valence-electron chi connectivity index (χ2n) is 7.46. The van der Waals surface area contributed by atoms with Crippen LogP contribution in [-0.4, -0.2) is 34.2 Å². The van der Waals surface area contributed by atoms with Crippen LogP contribution in [0.1, 0.15) is 42.6 Å². The van der Waals surface area contributed by atoms with E-state index in [1.807, 2.05) is 56.3 Å². The molecule has 3 aromatic rings. The molecule has 7 heteroatoms. The first kappa shape index (κ1) is 22.6. The van der Waals surface area contributed by atoms with E-state index in [9.17, 15) is 9.59 Å². The first-order valence-corrected chi connectivity index (χ1v) is 10.8. The third-order valence-electron chi connectivity index (χ3n) is 4.97. The van der Waals surface area contributed by atoms with Gasteiger partial charge in [-0.3, -0.25) is 14.3 Å². The van der Waals surface area contributed by atoms with Crippen LogP contribution in [0.3, 0.4) is 0 Å². The molecule has 2 amide bonds. The Morgan fingerprint density at radius 1 is 1.10 bits per heavy atom. The fourth-order valence-electron chi connectivity index (χ4n) is 3.09. The number of nitrogens with one attached hydrogen (secondary N) is 2. The van der Waals surface area contributed by atoms with Crippen molar-refractivity contribution < 1.29 is 9.59 Å². The molecule has 1 heterocycles. The number of carbonyl (C=O) groups excluding carboxylic acids is 2. The summed E-state index contributed by atoms with van der Waals surface area (Å²) in [6.45, 7) is 4.77. The van der Waals surface area contributed by atoms with Crippen LogP contribution < -0.4 is 10.6 Å². The first-order chi connectivity index (χ1) is 15.0. The molecule has 31 heavy (non-hydrogen) atoms. The zero-order valence-corrected chi connectivity index (χ0v) is 18.5. The third kappa shape index (κ3) is 6.43. The Kier molecular flexibility index (Phi) is 7.84. The van der Waals surface area contributed by atoms with Gasteiger partial charge in [0, 0.05) is 35.8 Å². The quantitative estimate of drug-likeness (QED) is 0.523. The van der Waals surface area contributed by atoms with E-state index in [2.05, 4.69) is 15.7 Å². The summed E-state index contributed by atoms with van der Waals surface area (Å²) in [5.74, 6) is -0.340. The predicted octanol–water partition coefficient (Wildman–Crippen LogP) is 4.29. The van der Waals surface area contributed by atoms with Crippen LogP contribution in [0.25, 0.3) is 11.3 Å². The van der Waals surface area contributed by atoms with Gasteiger partial charge in [0.05, 0.1) is 12.1 Å². The number of amides is 2. The molecule has 0 aliphatic carbocycles. The zero-order chi connectivity index (χ0) is 22.2. The molecule has 0 radical (unpaired) electrons. The first-order valence-electron chi connectivity index (χ1n) is 10.4. The molecule has 1 aromatic heterocycles. The Hall–Kier alpha value is -3.12. The fraction of sp³-hybridized carbons (Fsp3) is 0.292. The molecule has 0 bridgehead atoms. The summed E-state index contributed by atoms with van der Waals surface area (Å²) in [6, 6.07) is 17.3. The number of hydrogen-bond acceptors (Lipinski definition) is 3. The van der Waals surface area contributed by atoms with E-state index in [0.717, 1.165) is 17.5 Å². The van der Waals surface area contributed by atoms with Gasteiger partial charge < -0.3 is 10.6 Å². The van der Waals surface area contributed by atoms with Crippen LogP contribution in [0.5, 0.6) is 0 Å². The van der Waals surface area contributed by atoms with Gasteiger partial charge in [0.2, 0.25) is 5.91 Å². The molecule has 162 valence electrons. The van der Waals surface area contributed by atoms with E-state index >= 15 is 0 Å². The average Bonchev–Trinajstić information content (AvgIpc) is 3.18. The minimum atomic E-state index is -0.263. The Balaban J connectivity index is 1.76. The second-order valence-corrected chi connectivity index (χ2v) is 7.90. The van der Waals surface area contributed by atoms with Gasteiger partial charge in [0.25, 0.3) is 5.91 Å². The number of rotatable bonds is 9. The Labute approximate surface area is 187 Å². The van der Waals surface area contributed by atoms with Gasteiger partial charge in [-0.15, -0.1) is 0 Å². The SMILES string of the molecule is CCC(C)NC(=O)CCNC(=O)c1cn(Cc2ccccc2)nc1-c1ccc(Cl)cc1. The summed E-state index contributed by atoms with van der Waals surface area (Å²) in [5, 5.41) is 11.0. The Bertz CT molecular complexity index is 1020. The van der Waals surface area contributed by atoms with Gasteiger partial charge >= 0.3 is 0 Å². The lowest BCUT2D eigenvalue weighted by Crippen LogP contribution is -2.35. The number of nitrogens with zero attached hydrogens (tertiary/aromatic N) is 2. The smallest absolute Gasteiger partial charge is 0.255 e. The monoisotopic (exact) mass is 438 g/mol. The van der Waals surface area contributed by atoms with Crippen molar-refractivity contribution in [2.24, 2.45) is 0 Å². The summed E-state index contributed by atoms with van der Waals surface area (Å²) in [5.41, 5.74) is 2.92. The van der Waals surface area contributed by atoms with Gasteiger partial charge in [-0.05, 0) is 31.0 Å². The lowest BCUT2D eigenvalue weighted by Gasteiger charge is -2.11. The Morgan fingerprint density at radius 3 is 2.48 bits per heavy atom. The topological polar surface area (TPSA) is 76.0 Å². The number of benzene rings is 2. The second kappa shape index (κ2) is 10.8. The molecule has 2 N–H and O–H groups in total. The van der Waals surface area contributed by atoms with Crippen molar-refractivity contribution in [3.8, 4) is 11.3 Å². The summed E-state index contributed by atoms with van der Waals surface area (Å²) in [4.78, 5) is 24.9. The van der Waals surface area contributed by atoms with Gasteiger partial charge in [-0.1, -0.05) is 61.0 Å². The van der Waals surface area contributed by atoms with E-state index in [-0.39, 0.29) is 30.8 Å². The summed E-state index contributed by atoms with van der Waals surface area (Å²) < 4.78 is 1.75. The standard InChI is InChI=1S/C24H27ClN4O2/c1-3-17(2)27-22(30)13-14-26-24(31)21-16-29(15-18-7-5-4-6-8-18)28-23(21)19-9-11-20(25)12-10-19/h4-12,16-17H,3,13-15H2,1-2H3,(H,26,31)(H,27,30). The molecular weight excluding hydrogens is 412 g/mol. The predicted molar refractivity (Wildman–Crippen MR) is 123 cm³/mol. The molecule has 0 aliphatic heterocycles. The number of aromatic nitrogens is 2. The maximum Gasteiger partial charge on any atom is 0.255 e. The molecule has 0 spiro atoms. The van der Waals surface area contributed by atoms with Gasteiger partial charge in [-0.2, -0.15) is 5.10 Å². The zero-order valence-electron chi connectivity index (χ0n) is 17.8. The summed E-state index contributed by atoms with van der Waals surface area (Å²) in [6.07, 6.45) is 2.83. The Morgan fingerprint density at radius 2 is 1.81 bits per heavy atom. The lowest BCUT2D eigenvalue weighted by atomic mass is 10.1. The summed E-state index contributed by atoms with van der Waals surface area (Å²) >= 11 is 6.02. The molecule has 1 unspecified atom stereocenters. The molecule has 0 saturated heterocycles. The van der Waals surface area contributed by atoms with Gasteiger partial charge in [0.15, 0.2) is 0 Å². The molecule has 1 atom stereocenters. The van der Waals surface area contributed by atoms with E-state index < -0.39 is 0 Å². The fourth-order valence-corrected chi connectivity index (χ4v) is 3.22. The highest BCUT2D eigenvalue weighted by Crippen LogP contribution is 2.24. The minimum absolute atomic E-state index is 0.0765. The van der Waals surface area contributed by atoms with Crippen molar-refractivity contribution >= 4 is 23.4 Å². The van der Waals surface area contributed by atoms with E-state index in [4.69, 9.17) is 11.6 Å². The van der Waals surface area contributed by atoms with E-state index in [1.54, 1.807) is 23.0 Å². The van der Waals surface area contributed by atoms with Gasteiger partial charge in [0.1, 0.15) is 5.69 Å². The molecule has 0 saturated carbocycles. The molecule has 0 fully saturated rings. The molecule has 6 nitrogen and oxygen atoms in total. The van der Waals surface area contributed by atoms with E-state index in [1.165, 1.54) is 0 Å². The molecule has 3 rings (SSSR count). The average molecular weight is 439 g/mol. The van der Waals surface area contributed by atoms with Crippen molar-refractivity contribution in [1.29, 1.82) is 0 Å². The van der Waals surface area contributed by atoms with E-state index in [0.29, 0.717) is 22.8 Å². The number of carbonyl (C=O) groups is 2. The van der Waals surface area contributed by atoms with Crippen LogP contribution in [0.4, 0.5) is 0 Å². The van der Waals surface area contributed by atoms with Crippen LogP contribution in [-0.2, 0) is 11.3 Å². The lowest BCUT2D eigenvalue weighted by molar-refractivity contribution is -0.121. The van der Waals surface area contributed by atoms with Crippen LogP contribution in [0.15, 0.2) is 60.8 Å². The van der Waals surface area contributed by atoms with Crippen LogP contribution in [0.2, 0.25) is 5.02 Å². The van der Waals surface area contributed by atoms with Crippen molar-refractivity contribution in [1.82, 2.24) is 20.4 Å². The van der Waals surface area contributed by atoms with Crippen LogP contribution in [0, 0.1) is 0 Å². The molecule has 2 aromatic carbocycles. The molecule has 0 aliphatic rings. The van der Waals surface area contributed by atoms with Crippen LogP contribution >= 0.6 is 11.6 Å². The normalized spacial score (nSPS) is 11.7. The van der Waals surface area contributed by atoms with Crippen molar-refractivity contribution in [2.75, 3.05) is 6.54 Å². The molecular formula is C24H27ClN4O2. The van der Waals surface area contributed by atoms with Crippen molar-refractivity contribution in [3.63, 3.8) is 0 Å². The largest absolute Gasteiger partial charge is 0.354 e. The number of hydrogen-bond donors (Lipinski definition) is 2. The van der Waals surface area contributed by atoms with Crippen molar-refractivity contribution in [3.05, 3.63) is 76.9 Å². The third-order valence-corrected chi connectivity index (χ3v) is 5.22. The highest BCUT2D eigenvalue weighted by atomic mass is 35.5. The minimum Gasteiger partial charge on any atom is -0.354 e. The van der Waals surface area contributed by atoms with Gasteiger partial charge in [-0.25, -0.2) is 0 Å². The maximum absolute atomic E-state index is 12.9. The highest BCUT2D eigenvalue weighted by Gasteiger charge is 2.18. The number of halogens is 1. The summed E-state index contributed by atoms with van der Waals surface area (Å²) in [7, 11) is 0.